The summed E-state index contributed by atoms with van der Waals surface area (Å²) in [6.45, 7) is 4.61. The van der Waals surface area contributed by atoms with Crippen molar-refractivity contribution in [2.75, 3.05) is 13.1 Å². The highest BCUT2D eigenvalue weighted by atomic mass is 15.3. The van der Waals surface area contributed by atoms with Crippen molar-refractivity contribution in [3.63, 3.8) is 0 Å². The molecule has 3 rings (SSSR count). The van der Waals surface area contributed by atoms with Gasteiger partial charge in [-0.1, -0.05) is 19.3 Å². The van der Waals surface area contributed by atoms with Crippen LogP contribution in [0.5, 0.6) is 0 Å². The number of aryl methyl sites for hydroxylation is 1. The minimum atomic E-state index is 0.616. The van der Waals surface area contributed by atoms with Gasteiger partial charge in [0.25, 0.3) is 0 Å². The van der Waals surface area contributed by atoms with Gasteiger partial charge in [-0.05, 0) is 31.7 Å². The van der Waals surface area contributed by atoms with E-state index in [0.717, 1.165) is 6.04 Å². The minimum Gasteiger partial charge on any atom is -0.298 e. The van der Waals surface area contributed by atoms with Crippen LogP contribution in [0.25, 0.3) is 0 Å². The Balaban J connectivity index is 1.61. The zero-order chi connectivity index (χ0) is 11.7. The molecule has 0 bridgehead atoms. The van der Waals surface area contributed by atoms with Crippen molar-refractivity contribution in [2.24, 2.45) is 0 Å². The average molecular weight is 233 g/mol. The summed E-state index contributed by atoms with van der Waals surface area (Å²) in [7, 11) is 0. The lowest BCUT2D eigenvalue weighted by molar-refractivity contribution is 0.184. The quantitative estimate of drug-likeness (QED) is 0.783. The smallest absolute Gasteiger partial charge is 0.0658 e. The first kappa shape index (κ1) is 11.3. The Bertz CT molecular complexity index is 365. The molecule has 0 N–H and O–H groups in total. The predicted octanol–water partition coefficient (Wildman–Crippen LogP) is 2.77. The summed E-state index contributed by atoms with van der Waals surface area (Å²) in [5, 5.41) is 4.47. The summed E-state index contributed by atoms with van der Waals surface area (Å²) < 4.78 is 2.18. The standard InChI is InChI=1S/C14H23N3/c1-12-9-15-17(10-12)14-7-8-16(11-14)13-5-3-2-4-6-13/h9-10,13-14H,2-8,11H2,1H3. The fraction of sp³-hybridized carbons (Fsp3) is 0.786. The van der Waals surface area contributed by atoms with E-state index in [1.54, 1.807) is 0 Å². The van der Waals surface area contributed by atoms with Gasteiger partial charge in [-0.3, -0.25) is 9.58 Å². The average Bonchev–Trinajstić information content (AvgIpc) is 2.98. The van der Waals surface area contributed by atoms with Crippen molar-refractivity contribution in [3.05, 3.63) is 18.0 Å². The second-order valence-electron chi connectivity index (χ2n) is 5.73. The molecule has 0 amide bonds. The number of hydrogen-bond donors (Lipinski definition) is 0. The van der Waals surface area contributed by atoms with Gasteiger partial charge in [0.15, 0.2) is 0 Å². The van der Waals surface area contributed by atoms with Gasteiger partial charge < -0.3 is 0 Å². The van der Waals surface area contributed by atoms with E-state index in [2.05, 4.69) is 27.8 Å². The van der Waals surface area contributed by atoms with E-state index in [0.29, 0.717) is 6.04 Å². The van der Waals surface area contributed by atoms with Crippen LogP contribution in [0.4, 0.5) is 0 Å². The van der Waals surface area contributed by atoms with Crippen LogP contribution in [0.3, 0.4) is 0 Å². The molecule has 1 aliphatic heterocycles. The Hall–Kier alpha value is -0.830. The molecule has 1 unspecified atom stereocenters. The van der Waals surface area contributed by atoms with E-state index in [9.17, 15) is 0 Å². The molecule has 1 saturated heterocycles. The van der Waals surface area contributed by atoms with Gasteiger partial charge in [0.05, 0.1) is 12.2 Å². The van der Waals surface area contributed by atoms with Gasteiger partial charge in [-0.2, -0.15) is 5.10 Å². The van der Waals surface area contributed by atoms with Crippen molar-refractivity contribution >= 4 is 0 Å². The largest absolute Gasteiger partial charge is 0.298 e. The molecule has 1 aromatic rings. The van der Waals surface area contributed by atoms with Crippen molar-refractivity contribution in [3.8, 4) is 0 Å². The van der Waals surface area contributed by atoms with Crippen LogP contribution in [-0.2, 0) is 0 Å². The molecule has 0 radical (unpaired) electrons. The van der Waals surface area contributed by atoms with Crippen LogP contribution in [-0.4, -0.2) is 33.8 Å². The van der Waals surface area contributed by atoms with Crippen LogP contribution in [0.15, 0.2) is 12.4 Å². The molecule has 1 saturated carbocycles. The van der Waals surface area contributed by atoms with E-state index in [1.165, 1.54) is 57.2 Å². The first-order valence-electron chi connectivity index (χ1n) is 7.08. The van der Waals surface area contributed by atoms with E-state index in [1.807, 2.05) is 6.20 Å². The fourth-order valence-corrected chi connectivity index (χ4v) is 3.39. The second kappa shape index (κ2) is 4.81. The fourth-order valence-electron chi connectivity index (χ4n) is 3.39. The number of rotatable bonds is 2. The summed E-state index contributed by atoms with van der Waals surface area (Å²) in [4.78, 5) is 2.71. The molecular formula is C14H23N3. The molecule has 94 valence electrons. The number of hydrogen-bond acceptors (Lipinski definition) is 2. The lowest BCUT2D eigenvalue weighted by Crippen LogP contribution is -2.35. The van der Waals surface area contributed by atoms with Crippen LogP contribution >= 0.6 is 0 Å². The zero-order valence-corrected chi connectivity index (χ0v) is 10.8. The second-order valence-corrected chi connectivity index (χ2v) is 5.73. The lowest BCUT2D eigenvalue weighted by Gasteiger charge is -2.30. The molecule has 3 heteroatoms. The normalized spacial score (nSPS) is 27.7. The summed E-state index contributed by atoms with van der Waals surface area (Å²) in [5.41, 5.74) is 1.28. The van der Waals surface area contributed by atoms with E-state index < -0.39 is 0 Å². The third-order valence-corrected chi connectivity index (χ3v) is 4.39. The van der Waals surface area contributed by atoms with E-state index >= 15 is 0 Å². The van der Waals surface area contributed by atoms with E-state index in [-0.39, 0.29) is 0 Å². The van der Waals surface area contributed by atoms with Gasteiger partial charge in [-0.15, -0.1) is 0 Å². The highest BCUT2D eigenvalue weighted by Gasteiger charge is 2.30. The first-order chi connectivity index (χ1) is 8.33. The van der Waals surface area contributed by atoms with Crippen molar-refractivity contribution < 1.29 is 0 Å². The van der Waals surface area contributed by atoms with Crippen molar-refractivity contribution in [1.29, 1.82) is 0 Å². The van der Waals surface area contributed by atoms with Crippen LogP contribution in [0, 0.1) is 6.92 Å². The Labute approximate surface area is 104 Å². The molecular weight excluding hydrogens is 210 g/mol. The maximum atomic E-state index is 4.47. The molecule has 2 fully saturated rings. The molecule has 1 aromatic heterocycles. The molecule has 1 aliphatic carbocycles. The predicted molar refractivity (Wildman–Crippen MR) is 69.1 cm³/mol. The molecule has 0 aromatic carbocycles. The van der Waals surface area contributed by atoms with Gasteiger partial charge >= 0.3 is 0 Å². The molecule has 3 nitrogen and oxygen atoms in total. The van der Waals surface area contributed by atoms with Gasteiger partial charge in [-0.25, -0.2) is 0 Å². The third kappa shape index (κ3) is 2.39. The SMILES string of the molecule is Cc1cnn(C2CCN(C3CCCCC3)C2)c1. The van der Waals surface area contributed by atoms with Gasteiger partial charge in [0.1, 0.15) is 0 Å². The highest BCUT2D eigenvalue weighted by molar-refractivity contribution is 5.01. The Kier molecular flexibility index (Phi) is 3.19. The first-order valence-corrected chi connectivity index (χ1v) is 7.08. The van der Waals surface area contributed by atoms with E-state index in [4.69, 9.17) is 0 Å². The highest BCUT2D eigenvalue weighted by Crippen LogP contribution is 2.29. The third-order valence-electron chi connectivity index (χ3n) is 4.39. The summed E-state index contributed by atoms with van der Waals surface area (Å²) in [5.74, 6) is 0. The Morgan fingerprint density at radius 2 is 1.94 bits per heavy atom. The Morgan fingerprint density at radius 1 is 1.12 bits per heavy atom. The van der Waals surface area contributed by atoms with Crippen LogP contribution in [0.1, 0.15) is 50.1 Å². The molecule has 2 heterocycles. The molecule has 2 aliphatic rings. The minimum absolute atomic E-state index is 0.616. The topological polar surface area (TPSA) is 21.1 Å². The Morgan fingerprint density at radius 3 is 2.65 bits per heavy atom. The number of likely N-dealkylation sites (tertiary alicyclic amines) is 1. The maximum Gasteiger partial charge on any atom is 0.0658 e. The van der Waals surface area contributed by atoms with Crippen LogP contribution < -0.4 is 0 Å². The molecule has 17 heavy (non-hydrogen) atoms. The van der Waals surface area contributed by atoms with Crippen molar-refractivity contribution in [2.45, 2.75) is 57.5 Å². The van der Waals surface area contributed by atoms with Crippen molar-refractivity contribution in [1.82, 2.24) is 14.7 Å². The maximum absolute atomic E-state index is 4.47. The van der Waals surface area contributed by atoms with Crippen LogP contribution in [0.2, 0.25) is 0 Å². The summed E-state index contributed by atoms with van der Waals surface area (Å²) in [6.07, 6.45) is 12.6. The zero-order valence-electron chi connectivity index (χ0n) is 10.8. The monoisotopic (exact) mass is 233 g/mol. The van der Waals surface area contributed by atoms with Gasteiger partial charge in [0, 0.05) is 25.3 Å². The van der Waals surface area contributed by atoms with Gasteiger partial charge in [0.2, 0.25) is 0 Å². The molecule has 1 atom stereocenters. The number of aromatic nitrogens is 2. The summed E-state index contributed by atoms with van der Waals surface area (Å²) in [6, 6.07) is 1.48. The number of nitrogens with zero attached hydrogens (tertiary/aromatic N) is 3. The summed E-state index contributed by atoms with van der Waals surface area (Å²) >= 11 is 0. The lowest BCUT2D eigenvalue weighted by atomic mass is 9.94. The molecule has 0 spiro atoms.